The Kier molecular flexibility index (Phi) is 5.48. The van der Waals surface area contributed by atoms with Crippen molar-refractivity contribution in [2.75, 3.05) is 12.8 Å². The molecule has 0 bridgehead atoms. The number of hydrogen-bond acceptors (Lipinski definition) is 4. The fourth-order valence-electron chi connectivity index (χ4n) is 0.505. The number of carboxylic acid groups (broad SMARTS) is 1. The highest BCUT2D eigenvalue weighted by molar-refractivity contribution is 7.98. The first kappa shape index (κ1) is 11.2. The van der Waals surface area contributed by atoms with Gasteiger partial charge in [-0.3, -0.25) is 9.59 Å². The van der Waals surface area contributed by atoms with Crippen LogP contribution in [0.2, 0.25) is 0 Å². The number of hydrogen-bond donors (Lipinski definition) is 3. The Hall–Kier alpha value is -0.750. The van der Waals surface area contributed by atoms with Crippen molar-refractivity contribution in [2.24, 2.45) is 0 Å². The van der Waals surface area contributed by atoms with Gasteiger partial charge in [0.1, 0.15) is 6.04 Å². The van der Waals surface area contributed by atoms with E-state index >= 15 is 0 Å². The van der Waals surface area contributed by atoms with Crippen LogP contribution in [0.3, 0.4) is 0 Å². The van der Waals surface area contributed by atoms with Crippen LogP contribution in [0, 0.1) is 0 Å². The molecule has 0 saturated heterocycles. The predicted molar refractivity (Wildman–Crippen MR) is 46.8 cm³/mol. The number of likely N-dealkylation sites (N-methyl/N-ethyl adjacent to an activating group) is 1. The number of aliphatic carboxylic acids is 1. The van der Waals surface area contributed by atoms with Gasteiger partial charge in [0.15, 0.2) is 0 Å². The zero-order valence-corrected chi connectivity index (χ0v) is 7.77. The van der Waals surface area contributed by atoms with Gasteiger partial charge >= 0.3 is 5.97 Å². The van der Waals surface area contributed by atoms with Crippen molar-refractivity contribution in [1.29, 1.82) is 0 Å². The lowest BCUT2D eigenvalue weighted by Gasteiger charge is -2.09. The molecule has 0 heterocycles. The van der Waals surface area contributed by atoms with Gasteiger partial charge in [0.25, 0.3) is 0 Å². The number of carboxylic acids is 1. The Morgan fingerprint density at radius 2 is 2.17 bits per heavy atom. The van der Waals surface area contributed by atoms with Crippen molar-refractivity contribution < 1.29 is 14.7 Å². The van der Waals surface area contributed by atoms with E-state index in [4.69, 9.17) is 5.11 Å². The Morgan fingerprint density at radius 1 is 1.58 bits per heavy atom. The fourth-order valence-corrected chi connectivity index (χ4v) is 1.27. The van der Waals surface area contributed by atoms with Gasteiger partial charge in [-0.25, -0.2) is 0 Å². The Balaban J connectivity index is 3.59. The van der Waals surface area contributed by atoms with Gasteiger partial charge in [0.2, 0.25) is 5.91 Å². The highest BCUT2D eigenvalue weighted by Crippen LogP contribution is 1.97. The third-order valence-electron chi connectivity index (χ3n) is 1.11. The number of nitrogens with one attached hydrogen (secondary N) is 2. The van der Waals surface area contributed by atoms with E-state index in [2.05, 4.69) is 10.0 Å². The second-order valence-corrected chi connectivity index (χ2v) is 2.97. The molecule has 1 atom stereocenters. The summed E-state index contributed by atoms with van der Waals surface area (Å²) in [7, 11) is 1.56. The zero-order chi connectivity index (χ0) is 9.56. The lowest BCUT2D eigenvalue weighted by molar-refractivity contribution is -0.138. The molecule has 0 radical (unpaired) electrons. The molecule has 3 N–H and O–H groups in total. The molecule has 0 fully saturated rings. The number of carbonyl (C=O) groups excluding carboxylic acids is 1. The second-order valence-electron chi connectivity index (χ2n) is 2.15. The smallest absolute Gasteiger partial charge is 0.321 e. The number of carbonyl (C=O) groups is 2. The summed E-state index contributed by atoms with van der Waals surface area (Å²) >= 11 is 1.08. The van der Waals surface area contributed by atoms with E-state index in [-0.39, 0.29) is 5.91 Å². The van der Waals surface area contributed by atoms with Gasteiger partial charge in [0.05, 0.1) is 0 Å². The second kappa shape index (κ2) is 5.84. The lowest BCUT2D eigenvalue weighted by Crippen LogP contribution is -2.37. The maximum Gasteiger partial charge on any atom is 0.321 e. The van der Waals surface area contributed by atoms with Crippen LogP contribution >= 0.6 is 11.9 Å². The molecule has 0 aromatic carbocycles. The van der Waals surface area contributed by atoms with E-state index in [1.54, 1.807) is 7.05 Å². The average Bonchev–Trinajstić information content (AvgIpc) is 1.96. The molecule has 0 aliphatic carbocycles. The van der Waals surface area contributed by atoms with Gasteiger partial charge in [-0.2, -0.15) is 0 Å². The maximum absolute atomic E-state index is 10.4. The minimum Gasteiger partial charge on any atom is -0.480 e. The molecule has 0 aromatic rings. The van der Waals surface area contributed by atoms with Crippen LogP contribution < -0.4 is 10.0 Å². The van der Waals surface area contributed by atoms with Gasteiger partial charge in [-0.1, -0.05) is 0 Å². The minimum absolute atomic E-state index is 0.180. The molecule has 6 heteroatoms. The molecule has 5 nitrogen and oxygen atoms in total. The number of rotatable bonds is 5. The van der Waals surface area contributed by atoms with E-state index in [0.29, 0.717) is 5.75 Å². The predicted octanol–water partition coefficient (Wildman–Crippen LogP) is -0.557. The standard InChI is InChI=1S/C6H12N2O3S/c1-4(9)8-12-3-5(7-2)6(10)11/h5,7H,3H2,1-2H3,(H,8,9)(H,10,11)/t5-/m1/s1. The molecular formula is C6H12N2O3S. The summed E-state index contributed by atoms with van der Waals surface area (Å²) in [6.07, 6.45) is 0. The molecule has 1 amide bonds. The van der Waals surface area contributed by atoms with Crippen molar-refractivity contribution in [3.8, 4) is 0 Å². The van der Waals surface area contributed by atoms with E-state index in [1.165, 1.54) is 6.92 Å². The summed E-state index contributed by atoms with van der Waals surface area (Å²) < 4.78 is 2.44. The van der Waals surface area contributed by atoms with Crippen LogP contribution in [0.5, 0.6) is 0 Å². The third kappa shape index (κ3) is 4.97. The van der Waals surface area contributed by atoms with E-state index in [9.17, 15) is 9.59 Å². The fraction of sp³-hybridized carbons (Fsp3) is 0.667. The molecule has 0 saturated carbocycles. The van der Waals surface area contributed by atoms with Gasteiger partial charge < -0.3 is 15.1 Å². The van der Waals surface area contributed by atoms with Gasteiger partial charge in [-0.15, -0.1) is 0 Å². The van der Waals surface area contributed by atoms with Crippen LogP contribution in [-0.4, -0.2) is 35.8 Å². The minimum atomic E-state index is -0.921. The Labute approximate surface area is 75.0 Å². The van der Waals surface area contributed by atoms with Gasteiger partial charge in [0, 0.05) is 12.7 Å². The molecular weight excluding hydrogens is 180 g/mol. The summed E-state index contributed by atoms with van der Waals surface area (Å²) in [5.74, 6) is -0.790. The molecule has 0 unspecified atom stereocenters. The van der Waals surface area contributed by atoms with Crippen molar-refractivity contribution in [3.05, 3.63) is 0 Å². The van der Waals surface area contributed by atoms with E-state index in [1.807, 2.05) is 0 Å². The molecule has 12 heavy (non-hydrogen) atoms. The van der Waals surface area contributed by atoms with Crippen LogP contribution in [0.15, 0.2) is 0 Å². The molecule has 0 aliphatic rings. The van der Waals surface area contributed by atoms with E-state index in [0.717, 1.165) is 11.9 Å². The normalized spacial score (nSPS) is 12.2. The Bertz CT molecular complexity index is 174. The van der Waals surface area contributed by atoms with Crippen molar-refractivity contribution in [2.45, 2.75) is 13.0 Å². The highest BCUT2D eigenvalue weighted by atomic mass is 32.2. The zero-order valence-electron chi connectivity index (χ0n) is 6.96. The summed E-state index contributed by atoms with van der Waals surface area (Å²) in [5.41, 5.74) is 0. The average molecular weight is 192 g/mol. The first-order chi connectivity index (χ1) is 5.57. The summed E-state index contributed by atoms with van der Waals surface area (Å²) in [6.45, 7) is 1.38. The van der Waals surface area contributed by atoms with Crippen LogP contribution in [0.4, 0.5) is 0 Å². The summed E-state index contributed by atoms with van der Waals surface area (Å²) in [6, 6.07) is -0.623. The topological polar surface area (TPSA) is 78.4 Å². The molecule has 0 rings (SSSR count). The third-order valence-corrected chi connectivity index (χ3v) is 2.04. The molecule has 0 aliphatic heterocycles. The lowest BCUT2D eigenvalue weighted by atomic mass is 10.3. The van der Waals surface area contributed by atoms with Crippen molar-refractivity contribution in [3.63, 3.8) is 0 Å². The van der Waals surface area contributed by atoms with Crippen LogP contribution in [0.25, 0.3) is 0 Å². The van der Waals surface area contributed by atoms with Crippen molar-refractivity contribution >= 4 is 23.8 Å². The van der Waals surface area contributed by atoms with Crippen LogP contribution in [-0.2, 0) is 9.59 Å². The Morgan fingerprint density at radius 3 is 2.50 bits per heavy atom. The van der Waals surface area contributed by atoms with E-state index < -0.39 is 12.0 Å². The molecule has 0 spiro atoms. The first-order valence-corrected chi connectivity index (χ1v) is 4.35. The SMILES string of the molecule is CN[C@H](CSNC(C)=O)C(=O)O. The largest absolute Gasteiger partial charge is 0.480 e. The molecule has 70 valence electrons. The summed E-state index contributed by atoms with van der Waals surface area (Å²) in [5, 5.41) is 11.2. The molecule has 0 aromatic heterocycles. The highest BCUT2D eigenvalue weighted by Gasteiger charge is 2.14. The number of amides is 1. The van der Waals surface area contributed by atoms with Crippen molar-refractivity contribution in [1.82, 2.24) is 10.0 Å². The quantitative estimate of drug-likeness (QED) is 0.509. The monoisotopic (exact) mass is 192 g/mol. The summed E-state index contributed by atoms with van der Waals surface area (Å²) in [4.78, 5) is 20.8. The van der Waals surface area contributed by atoms with Crippen LogP contribution in [0.1, 0.15) is 6.92 Å². The first-order valence-electron chi connectivity index (χ1n) is 3.36. The van der Waals surface area contributed by atoms with Gasteiger partial charge in [-0.05, 0) is 19.0 Å². The maximum atomic E-state index is 10.4.